The normalized spacial score (nSPS) is 26.7. The number of nitrogens with zero attached hydrogens (tertiary/aromatic N) is 3. The molecule has 0 saturated carbocycles. The lowest BCUT2D eigenvalue weighted by atomic mass is 9.88. The summed E-state index contributed by atoms with van der Waals surface area (Å²) in [7, 11) is 0. The Morgan fingerprint density at radius 2 is 2.08 bits per heavy atom. The minimum absolute atomic E-state index is 0.178. The van der Waals surface area contributed by atoms with Crippen LogP contribution in [0, 0.1) is 18.8 Å². The molecule has 0 spiro atoms. The Balaban J connectivity index is 1.53. The van der Waals surface area contributed by atoms with E-state index in [4.69, 9.17) is 5.73 Å². The smallest absolute Gasteiger partial charge is 0.226 e. The van der Waals surface area contributed by atoms with Gasteiger partial charge in [-0.2, -0.15) is 0 Å². The number of amides is 1. The number of rotatable bonds is 4. The Morgan fingerprint density at radius 3 is 2.71 bits per heavy atom. The first-order valence-corrected chi connectivity index (χ1v) is 10.1. The van der Waals surface area contributed by atoms with Crippen molar-refractivity contribution >= 4 is 17.2 Å². The predicted octanol–water partition coefficient (Wildman–Crippen LogP) is 2.25. The highest BCUT2D eigenvalue weighted by Gasteiger charge is 2.35. The molecule has 1 aromatic rings. The first kappa shape index (κ1) is 17.8. The number of carbonyl (C=O) groups excluding carboxylic acids is 1. The summed E-state index contributed by atoms with van der Waals surface area (Å²) in [6.07, 6.45) is 4.23. The van der Waals surface area contributed by atoms with E-state index in [2.05, 4.69) is 27.1 Å². The van der Waals surface area contributed by atoms with Crippen molar-refractivity contribution in [2.75, 3.05) is 26.2 Å². The summed E-state index contributed by atoms with van der Waals surface area (Å²) in [5.41, 5.74) is 7.12. The third kappa shape index (κ3) is 3.98. The van der Waals surface area contributed by atoms with Crippen LogP contribution < -0.4 is 5.73 Å². The number of carbonyl (C=O) groups is 1. The first-order chi connectivity index (χ1) is 11.6. The van der Waals surface area contributed by atoms with Gasteiger partial charge in [-0.3, -0.25) is 9.69 Å². The molecule has 3 heterocycles. The number of hydrogen-bond acceptors (Lipinski definition) is 5. The SMILES string of the molecule is Cc1nc(CN2CCC(C(=O)N3CCC[C@H](C)[C@H]3CN)CC2)cs1. The maximum absolute atomic E-state index is 13.0. The Morgan fingerprint density at radius 1 is 1.33 bits per heavy atom. The summed E-state index contributed by atoms with van der Waals surface area (Å²) in [4.78, 5) is 22.1. The van der Waals surface area contributed by atoms with Crippen molar-refractivity contribution in [3.05, 3.63) is 16.1 Å². The zero-order valence-corrected chi connectivity index (χ0v) is 15.7. The molecule has 0 unspecified atom stereocenters. The van der Waals surface area contributed by atoms with Crippen LogP contribution in [-0.2, 0) is 11.3 Å². The number of aromatic nitrogens is 1. The van der Waals surface area contributed by atoms with Crippen LogP contribution in [0.15, 0.2) is 5.38 Å². The van der Waals surface area contributed by atoms with Crippen LogP contribution in [0.25, 0.3) is 0 Å². The average molecular weight is 351 g/mol. The maximum Gasteiger partial charge on any atom is 0.226 e. The number of aryl methyl sites for hydroxylation is 1. The predicted molar refractivity (Wildman–Crippen MR) is 97.8 cm³/mol. The Labute approximate surface area is 149 Å². The van der Waals surface area contributed by atoms with E-state index in [1.165, 1.54) is 6.42 Å². The van der Waals surface area contributed by atoms with E-state index in [9.17, 15) is 4.79 Å². The summed E-state index contributed by atoms with van der Waals surface area (Å²) in [6, 6.07) is 0.238. The molecule has 5 nitrogen and oxygen atoms in total. The van der Waals surface area contributed by atoms with E-state index in [-0.39, 0.29) is 12.0 Å². The molecular weight excluding hydrogens is 320 g/mol. The molecule has 2 aliphatic rings. The molecule has 1 aromatic heterocycles. The van der Waals surface area contributed by atoms with Crippen molar-refractivity contribution in [1.82, 2.24) is 14.8 Å². The second kappa shape index (κ2) is 7.93. The van der Waals surface area contributed by atoms with Gasteiger partial charge in [0.15, 0.2) is 0 Å². The lowest BCUT2D eigenvalue weighted by molar-refractivity contribution is -0.142. The number of piperidine rings is 2. The van der Waals surface area contributed by atoms with Crippen LogP contribution in [0.1, 0.15) is 43.3 Å². The number of nitrogens with two attached hydrogens (primary N) is 1. The molecule has 3 rings (SSSR count). The molecule has 6 heteroatoms. The topological polar surface area (TPSA) is 62.5 Å². The van der Waals surface area contributed by atoms with Gasteiger partial charge in [-0.25, -0.2) is 4.98 Å². The zero-order chi connectivity index (χ0) is 17.1. The lowest BCUT2D eigenvalue weighted by Gasteiger charge is -2.42. The van der Waals surface area contributed by atoms with Crippen molar-refractivity contribution in [1.29, 1.82) is 0 Å². The fourth-order valence-electron chi connectivity index (χ4n) is 4.16. The van der Waals surface area contributed by atoms with E-state index in [1.807, 2.05) is 6.92 Å². The molecule has 2 N–H and O–H groups in total. The lowest BCUT2D eigenvalue weighted by Crippen LogP contribution is -2.54. The molecule has 2 fully saturated rings. The molecule has 0 aliphatic carbocycles. The van der Waals surface area contributed by atoms with Crippen molar-refractivity contribution in [3.63, 3.8) is 0 Å². The van der Waals surface area contributed by atoms with Gasteiger partial charge in [-0.05, 0) is 51.6 Å². The third-order valence-corrected chi connectivity index (χ3v) is 6.45. The molecule has 0 aromatic carbocycles. The Hall–Kier alpha value is -0.980. The van der Waals surface area contributed by atoms with Crippen LogP contribution in [0.4, 0.5) is 0 Å². The van der Waals surface area contributed by atoms with Gasteiger partial charge in [-0.15, -0.1) is 11.3 Å². The molecule has 2 saturated heterocycles. The summed E-state index contributed by atoms with van der Waals surface area (Å²) < 4.78 is 0. The highest BCUT2D eigenvalue weighted by atomic mass is 32.1. The van der Waals surface area contributed by atoms with Gasteiger partial charge in [0.25, 0.3) is 0 Å². The molecule has 2 atom stereocenters. The molecule has 134 valence electrons. The summed E-state index contributed by atoms with van der Waals surface area (Å²) >= 11 is 1.71. The van der Waals surface area contributed by atoms with Crippen LogP contribution in [0.3, 0.4) is 0 Å². The van der Waals surface area contributed by atoms with E-state index in [0.29, 0.717) is 18.4 Å². The molecule has 1 amide bonds. The van der Waals surface area contributed by atoms with E-state index >= 15 is 0 Å². The van der Waals surface area contributed by atoms with Crippen LogP contribution in [0.2, 0.25) is 0 Å². The van der Waals surface area contributed by atoms with Gasteiger partial charge in [0.1, 0.15) is 0 Å². The second-order valence-corrected chi connectivity index (χ2v) is 8.42. The summed E-state index contributed by atoms with van der Waals surface area (Å²) in [5.74, 6) is 1.06. The summed E-state index contributed by atoms with van der Waals surface area (Å²) in [6.45, 7) is 8.66. The first-order valence-electron chi connectivity index (χ1n) is 9.22. The monoisotopic (exact) mass is 350 g/mol. The number of hydrogen-bond donors (Lipinski definition) is 1. The molecule has 24 heavy (non-hydrogen) atoms. The summed E-state index contributed by atoms with van der Waals surface area (Å²) in [5, 5.41) is 3.27. The third-order valence-electron chi connectivity index (χ3n) is 5.63. The highest BCUT2D eigenvalue weighted by Crippen LogP contribution is 2.28. The molecular formula is C18H30N4OS. The average Bonchev–Trinajstić information content (AvgIpc) is 2.99. The van der Waals surface area contributed by atoms with Crippen molar-refractivity contribution in [2.24, 2.45) is 17.6 Å². The number of likely N-dealkylation sites (tertiary alicyclic amines) is 2. The van der Waals surface area contributed by atoms with E-state index < -0.39 is 0 Å². The highest BCUT2D eigenvalue weighted by molar-refractivity contribution is 7.09. The van der Waals surface area contributed by atoms with Gasteiger partial charge in [0.2, 0.25) is 5.91 Å². The van der Waals surface area contributed by atoms with Gasteiger partial charge in [0, 0.05) is 37.0 Å². The zero-order valence-electron chi connectivity index (χ0n) is 14.9. The Bertz CT molecular complexity index is 553. The van der Waals surface area contributed by atoms with Crippen LogP contribution in [0.5, 0.6) is 0 Å². The molecule has 0 radical (unpaired) electrons. The second-order valence-electron chi connectivity index (χ2n) is 7.36. The minimum atomic E-state index is 0.178. The largest absolute Gasteiger partial charge is 0.338 e. The van der Waals surface area contributed by atoms with E-state index in [1.54, 1.807) is 11.3 Å². The van der Waals surface area contributed by atoms with Crippen molar-refractivity contribution in [2.45, 2.75) is 52.1 Å². The van der Waals surface area contributed by atoms with E-state index in [0.717, 1.165) is 56.1 Å². The van der Waals surface area contributed by atoms with Crippen LogP contribution in [-0.4, -0.2) is 52.9 Å². The van der Waals surface area contributed by atoms with Crippen molar-refractivity contribution < 1.29 is 4.79 Å². The van der Waals surface area contributed by atoms with Gasteiger partial charge in [-0.1, -0.05) is 6.92 Å². The molecule has 0 bridgehead atoms. The van der Waals surface area contributed by atoms with Gasteiger partial charge >= 0.3 is 0 Å². The fraction of sp³-hybridized carbons (Fsp3) is 0.778. The fourth-order valence-corrected chi connectivity index (χ4v) is 4.77. The van der Waals surface area contributed by atoms with Crippen LogP contribution >= 0.6 is 11.3 Å². The Kier molecular flexibility index (Phi) is 5.89. The van der Waals surface area contributed by atoms with Gasteiger partial charge < -0.3 is 10.6 Å². The minimum Gasteiger partial charge on any atom is -0.338 e. The quantitative estimate of drug-likeness (QED) is 0.905. The standard InChI is InChI=1S/C18H30N4OS/c1-13-4-3-7-22(17(13)10-19)18(23)15-5-8-21(9-6-15)11-16-12-24-14(2)20-16/h12-13,15,17H,3-11,19H2,1-2H3/t13-,17+/m0/s1. The molecule has 2 aliphatic heterocycles. The maximum atomic E-state index is 13.0. The number of thiazole rings is 1. The van der Waals surface area contributed by atoms with Crippen molar-refractivity contribution in [3.8, 4) is 0 Å². The van der Waals surface area contributed by atoms with Gasteiger partial charge in [0.05, 0.1) is 10.7 Å².